The fraction of sp³-hybridized carbons (Fsp3) is 0.500. The molecule has 21 heavy (non-hydrogen) atoms. The predicted molar refractivity (Wildman–Crippen MR) is 83.4 cm³/mol. The number of rotatable bonds is 7. The highest BCUT2D eigenvalue weighted by atomic mass is 16.2. The smallest absolute Gasteiger partial charge is 0.242 e. The Morgan fingerprint density at radius 3 is 2.48 bits per heavy atom. The van der Waals surface area contributed by atoms with Gasteiger partial charge in [0.15, 0.2) is 0 Å². The van der Waals surface area contributed by atoms with Crippen molar-refractivity contribution in [1.29, 1.82) is 0 Å². The molecule has 0 saturated heterocycles. The van der Waals surface area contributed by atoms with Crippen LogP contribution < -0.4 is 11.1 Å². The molecule has 0 bridgehead atoms. The minimum atomic E-state index is -0.924. The fourth-order valence-electron chi connectivity index (χ4n) is 2.07. The molecule has 1 atom stereocenters. The van der Waals surface area contributed by atoms with Gasteiger partial charge >= 0.3 is 0 Å². The maximum atomic E-state index is 12.0. The van der Waals surface area contributed by atoms with Crippen molar-refractivity contribution in [2.75, 3.05) is 13.6 Å². The first-order valence-electron chi connectivity index (χ1n) is 7.22. The summed E-state index contributed by atoms with van der Waals surface area (Å²) in [6.45, 7) is 4.14. The van der Waals surface area contributed by atoms with E-state index in [1.54, 1.807) is 18.9 Å². The molecule has 0 aromatic heterocycles. The molecule has 5 heteroatoms. The van der Waals surface area contributed by atoms with Gasteiger partial charge in [-0.2, -0.15) is 0 Å². The number of nitrogens with two attached hydrogens (primary N) is 1. The van der Waals surface area contributed by atoms with Crippen LogP contribution in [0.2, 0.25) is 0 Å². The standard InChI is InChI=1S/C16H25N3O2/c1-4-10-16(2,17)15(21)18-11-14(20)19(3)12-13-8-6-5-7-9-13/h5-9H,4,10-12,17H2,1-3H3,(H,18,21). The summed E-state index contributed by atoms with van der Waals surface area (Å²) >= 11 is 0. The molecular formula is C16H25N3O2. The summed E-state index contributed by atoms with van der Waals surface area (Å²) in [6.07, 6.45) is 1.41. The number of hydrogen-bond donors (Lipinski definition) is 2. The summed E-state index contributed by atoms with van der Waals surface area (Å²) < 4.78 is 0. The molecule has 1 unspecified atom stereocenters. The van der Waals surface area contributed by atoms with Crippen molar-refractivity contribution >= 4 is 11.8 Å². The number of amides is 2. The van der Waals surface area contributed by atoms with E-state index >= 15 is 0 Å². The lowest BCUT2D eigenvalue weighted by molar-refractivity contribution is -0.133. The summed E-state index contributed by atoms with van der Waals surface area (Å²) in [4.78, 5) is 25.5. The molecule has 116 valence electrons. The lowest BCUT2D eigenvalue weighted by Crippen LogP contribution is -2.53. The van der Waals surface area contributed by atoms with Gasteiger partial charge < -0.3 is 16.0 Å². The van der Waals surface area contributed by atoms with Crippen LogP contribution in [-0.4, -0.2) is 35.8 Å². The van der Waals surface area contributed by atoms with Crippen LogP contribution in [-0.2, 0) is 16.1 Å². The fourth-order valence-corrected chi connectivity index (χ4v) is 2.07. The third kappa shape index (κ3) is 5.55. The normalized spacial score (nSPS) is 13.3. The van der Waals surface area contributed by atoms with E-state index in [1.165, 1.54) is 0 Å². The van der Waals surface area contributed by atoms with Gasteiger partial charge in [0.1, 0.15) is 0 Å². The Morgan fingerprint density at radius 1 is 1.29 bits per heavy atom. The molecular weight excluding hydrogens is 266 g/mol. The number of benzene rings is 1. The quantitative estimate of drug-likeness (QED) is 0.794. The van der Waals surface area contributed by atoms with Crippen LogP contribution >= 0.6 is 0 Å². The summed E-state index contributed by atoms with van der Waals surface area (Å²) in [5.41, 5.74) is 6.05. The first kappa shape index (κ1) is 17.2. The van der Waals surface area contributed by atoms with Gasteiger partial charge in [0.2, 0.25) is 11.8 Å². The van der Waals surface area contributed by atoms with E-state index in [0.29, 0.717) is 13.0 Å². The number of hydrogen-bond acceptors (Lipinski definition) is 3. The van der Waals surface area contributed by atoms with Crippen molar-refractivity contribution in [2.45, 2.75) is 38.8 Å². The van der Waals surface area contributed by atoms with Crippen LogP contribution in [0.4, 0.5) is 0 Å². The third-order valence-corrected chi connectivity index (χ3v) is 3.38. The first-order valence-corrected chi connectivity index (χ1v) is 7.22. The zero-order valence-electron chi connectivity index (χ0n) is 13.1. The van der Waals surface area contributed by atoms with E-state index < -0.39 is 5.54 Å². The molecule has 2 amide bonds. The van der Waals surface area contributed by atoms with E-state index in [4.69, 9.17) is 5.73 Å². The number of nitrogens with one attached hydrogen (secondary N) is 1. The van der Waals surface area contributed by atoms with Crippen LogP contribution in [0.15, 0.2) is 30.3 Å². The van der Waals surface area contributed by atoms with Crippen molar-refractivity contribution in [2.24, 2.45) is 5.73 Å². The lowest BCUT2D eigenvalue weighted by atomic mass is 9.96. The Labute approximate surface area is 126 Å². The molecule has 3 N–H and O–H groups in total. The number of nitrogens with zero attached hydrogens (tertiary/aromatic N) is 1. The zero-order valence-corrected chi connectivity index (χ0v) is 13.1. The second-order valence-corrected chi connectivity index (χ2v) is 5.59. The van der Waals surface area contributed by atoms with Crippen molar-refractivity contribution in [3.8, 4) is 0 Å². The van der Waals surface area contributed by atoms with Gasteiger partial charge in [0, 0.05) is 13.6 Å². The Bertz CT molecular complexity index is 472. The zero-order chi connectivity index (χ0) is 15.9. The molecule has 0 heterocycles. The molecule has 0 radical (unpaired) electrons. The monoisotopic (exact) mass is 291 g/mol. The summed E-state index contributed by atoms with van der Waals surface area (Å²) in [7, 11) is 1.72. The predicted octanol–water partition coefficient (Wildman–Crippen LogP) is 1.28. The van der Waals surface area contributed by atoms with Crippen LogP contribution in [0.3, 0.4) is 0 Å². The van der Waals surface area contributed by atoms with Crippen molar-refractivity contribution < 1.29 is 9.59 Å². The second-order valence-electron chi connectivity index (χ2n) is 5.59. The highest BCUT2D eigenvalue weighted by Crippen LogP contribution is 2.08. The molecule has 0 spiro atoms. The van der Waals surface area contributed by atoms with Crippen LogP contribution in [0.5, 0.6) is 0 Å². The second kappa shape index (κ2) is 7.78. The van der Waals surface area contributed by atoms with Crippen molar-refractivity contribution in [1.82, 2.24) is 10.2 Å². The minimum Gasteiger partial charge on any atom is -0.345 e. The number of carbonyl (C=O) groups is 2. The third-order valence-electron chi connectivity index (χ3n) is 3.38. The first-order chi connectivity index (χ1) is 9.86. The Kier molecular flexibility index (Phi) is 6.37. The van der Waals surface area contributed by atoms with Crippen molar-refractivity contribution in [3.05, 3.63) is 35.9 Å². The maximum absolute atomic E-state index is 12.0. The molecule has 1 aromatic rings. The van der Waals surface area contributed by atoms with E-state index in [1.807, 2.05) is 37.3 Å². The lowest BCUT2D eigenvalue weighted by Gasteiger charge is -2.24. The largest absolute Gasteiger partial charge is 0.345 e. The number of carbonyl (C=O) groups excluding carboxylic acids is 2. The Balaban J connectivity index is 2.44. The summed E-state index contributed by atoms with van der Waals surface area (Å²) in [5, 5.41) is 2.62. The van der Waals surface area contributed by atoms with Crippen LogP contribution in [0, 0.1) is 0 Å². The van der Waals surface area contributed by atoms with Gasteiger partial charge in [-0.3, -0.25) is 9.59 Å². The highest BCUT2D eigenvalue weighted by molar-refractivity contribution is 5.89. The van der Waals surface area contributed by atoms with E-state index in [0.717, 1.165) is 12.0 Å². The molecule has 0 aliphatic heterocycles. The van der Waals surface area contributed by atoms with Crippen molar-refractivity contribution in [3.63, 3.8) is 0 Å². The van der Waals surface area contributed by atoms with Gasteiger partial charge in [0.05, 0.1) is 12.1 Å². The van der Waals surface area contributed by atoms with E-state index in [-0.39, 0.29) is 18.4 Å². The maximum Gasteiger partial charge on any atom is 0.242 e. The van der Waals surface area contributed by atoms with Gasteiger partial charge in [-0.15, -0.1) is 0 Å². The molecule has 0 saturated carbocycles. The average Bonchev–Trinajstić information content (AvgIpc) is 2.45. The minimum absolute atomic E-state index is 0.0291. The van der Waals surface area contributed by atoms with Gasteiger partial charge in [-0.25, -0.2) is 0 Å². The van der Waals surface area contributed by atoms with E-state index in [2.05, 4.69) is 5.32 Å². The number of likely N-dealkylation sites (N-methyl/N-ethyl adjacent to an activating group) is 1. The molecule has 1 aromatic carbocycles. The van der Waals surface area contributed by atoms with Crippen LogP contribution in [0.25, 0.3) is 0 Å². The topological polar surface area (TPSA) is 75.4 Å². The Hall–Kier alpha value is -1.88. The summed E-state index contributed by atoms with van der Waals surface area (Å²) in [5.74, 6) is -0.426. The Morgan fingerprint density at radius 2 is 1.90 bits per heavy atom. The molecule has 0 aliphatic carbocycles. The van der Waals surface area contributed by atoms with Gasteiger partial charge in [-0.1, -0.05) is 43.7 Å². The van der Waals surface area contributed by atoms with Gasteiger partial charge in [0.25, 0.3) is 0 Å². The molecule has 5 nitrogen and oxygen atoms in total. The van der Waals surface area contributed by atoms with Crippen LogP contribution in [0.1, 0.15) is 32.3 Å². The summed E-state index contributed by atoms with van der Waals surface area (Å²) in [6, 6.07) is 9.71. The average molecular weight is 291 g/mol. The molecule has 1 rings (SSSR count). The van der Waals surface area contributed by atoms with Gasteiger partial charge in [-0.05, 0) is 18.9 Å². The molecule has 0 aliphatic rings. The molecule has 0 fully saturated rings. The van der Waals surface area contributed by atoms with E-state index in [9.17, 15) is 9.59 Å². The highest BCUT2D eigenvalue weighted by Gasteiger charge is 2.27. The SMILES string of the molecule is CCCC(C)(N)C(=O)NCC(=O)N(C)Cc1ccccc1.